The van der Waals surface area contributed by atoms with Gasteiger partial charge in [0.25, 0.3) is 0 Å². The molecular weight excluding hydrogens is 548 g/mol. The average Bonchev–Trinajstić information content (AvgIpc) is 3.47. The summed E-state index contributed by atoms with van der Waals surface area (Å²) in [6, 6.07) is 61.4. The van der Waals surface area contributed by atoms with Crippen LogP contribution in [0.15, 0.2) is 180 Å². The quantitative estimate of drug-likeness (QED) is 0.204. The third kappa shape index (κ3) is 5.32. The molecule has 0 unspecified atom stereocenters. The Bertz CT molecular complexity index is 2180. The molecule has 0 radical (unpaired) electrons. The van der Waals surface area contributed by atoms with Gasteiger partial charge in [0.15, 0.2) is 0 Å². The second kappa shape index (κ2) is 11.6. The topological polar surface area (TPSA) is 28.4 Å². The highest BCUT2D eigenvalue weighted by Crippen LogP contribution is 2.39. The zero-order valence-electron chi connectivity index (χ0n) is 24.6. The average molecular weight is 579 g/mol. The van der Waals surface area contributed by atoms with E-state index in [0.29, 0.717) is 0 Å². The van der Waals surface area contributed by atoms with Crippen LogP contribution in [0.3, 0.4) is 0 Å². The second-order valence-corrected chi connectivity index (χ2v) is 11.1. The summed E-state index contributed by atoms with van der Waals surface area (Å²) in [5, 5.41) is 5.76. The van der Waals surface area contributed by atoms with E-state index in [0.717, 1.165) is 50.4 Å². The summed E-state index contributed by atoms with van der Waals surface area (Å²) in [6.45, 7) is 0. The molecule has 0 aliphatic rings. The molecule has 0 aliphatic carbocycles. The normalized spacial score (nSPS) is 11.1. The molecule has 0 amide bonds. The van der Waals surface area contributed by atoms with Gasteiger partial charge < -0.3 is 14.6 Å². The van der Waals surface area contributed by atoms with Crippen LogP contribution < -0.4 is 10.2 Å². The summed E-state index contributed by atoms with van der Waals surface area (Å²) in [5.74, 6) is 0. The number of nitrogens with zero attached hydrogens (tertiary/aromatic N) is 1. The minimum absolute atomic E-state index is 0.854. The second-order valence-electron chi connectivity index (χ2n) is 11.1. The van der Waals surface area contributed by atoms with Gasteiger partial charge in [0.05, 0.1) is 0 Å². The van der Waals surface area contributed by atoms with E-state index in [4.69, 9.17) is 4.42 Å². The zero-order chi connectivity index (χ0) is 30.0. The number of benzene rings is 7. The summed E-state index contributed by atoms with van der Waals surface area (Å²) in [5.41, 5.74) is 11.8. The number of para-hydroxylation sites is 2. The fourth-order valence-corrected chi connectivity index (χ4v) is 6.01. The molecule has 1 N–H and O–H groups in total. The molecule has 0 atom stereocenters. The predicted octanol–water partition coefficient (Wildman–Crippen LogP) is 12.1. The molecule has 0 spiro atoms. The molecule has 0 fully saturated rings. The van der Waals surface area contributed by atoms with Crippen molar-refractivity contribution < 1.29 is 4.42 Å². The summed E-state index contributed by atoms with van der Waals surface area (Å²) < 4.78 is 6.45. The third-order valence-electron chi connectivity index (χ3n) is 8.22. The standard InChI is InChI=1S/C42H30N2O/c1-4-11-30(12-5-1)32-13-10-14-33(27-32)31-19-21-34(22-20-31)43-35-23-25-39-40-26-24-38(29-42(40)45-41(39)28-35)44(36-15-6-2-7-16-36)37-17-8-3-9-18-37/h1-29,43H. The van der Waals surface area contributed by atoms with Crippen LogP contribution >= 0.6 is 0 Å². The molecule has 45 heavy (non-hydrogen) atoms. The van der Waals surface area contributed by atoms with Crippen molar-refractivity contribution in [1.29, 1.82) is 0 Å². The number of furan rings is 1. The van der Waals surface area contributed by atoms with E-state index in [2.05, 4.69) is 168 Å². The summed E-state index contributed by atoms with van der Waals surface area (Å²) in [7, 11) is 0. The lowest BCUT2D eigenvalue weighted by atomic mass is 9.99. The van der Waals surface area contributed by atoms with E-state index in [1.54, 1.807) is 0 Å². The number of nitrogens with one attached hydrogen (secondary N) is 1. The Labute approximate surface area is 262 Å². The van der Waals surface area contributed by atoms with Gasteiger partial charge in [-0.1, -0.05) is 97.1 Å². The zero-order valence-corrected chi connectivity index (χ0v) is 24.6. The minimum Gasteiger partial charge on any atom is -0.456 e. The molecule has 1 aromatic heterocycles. The Morgan fingerprint density at radius 2 is 0.867 bits per heavy atom. The van der Waals surface area contributed by atoms with Crippen molar-refractivity contribution in [3.8, 4) is 22.3 Å². The van der Waals surface area contributed by atoms with Gasteiger partial charge in [-0.15, -0.1) is 0 Å². The molecule has 0 bridgehead atoms. The van der Waals surface area contributed by atoms with Gasteiger partial charge in [0.2, 0.25) is 0 Å². The molecule has 3 heteroatoms. The fourth-order valence-electron chi connectivity index (χ4n) is 6.01. The van der Waals surface area contributed by atoms with Crippen molar-refractivity contribution in [2.24, 2.45) is 0 Å². The molecule has 0 saturated carbocycles. The maximum Gasteiger partial charge on any atom is 0.137 e. The van der Waals surface area contributed by atoms with Gasteiger partial charge >= 0.3 is 0 Å². The molecule has 1 heterocycles. The highest BCUT2D eigenvalue weighted by molar-refractivity contribution is 6.07. The van der Waals surface area contributed by atoms with E-state index in [9.17, 15) is 0 Å². The van der Waals surface area contributed by atoms with Crippen molar-refractivity contribution in [2.45, 2.75) is 0 Å². The van der Waals surface area contributed by atoms with E-state index < -0.39 is 0 Å². The molecule has 3 nitrogen and oxygen atoms in total. The van der Waals surface area contributed by atoms with Gasteiger partial charge in [-0.3, -0.25) is 0 Å². The maximum atomic E-state index is 6.45. The van der Waals surface area contributed by atoms with Crippen LogP contribution in [-0.2, 0) is 0 Å². The molecule has 0 saturated heterocycles. The number of rotatable bonds is 7. The Balaban J connectivity index is 1.06. The van der Waals surface area contributed by atoms with Gasteiger partial charge in [-0.25, -0.2) is 0 Å². The first kappa shape index (κ1) is 26.6. The van der Waals surface area contributed by atoms with Gasteiger partial charge in [0.1, 0.15) is 11.2 Å². The van der Waals surface area contributed by atoms with Crippen molar-refractivity contribution in [3.63, 3.8) is 0 Å². The number of fused-ring (bicyclic) bond motifs is 3. The third-order valence-corrected chi connectivity index (χ3v) is 8.22. The SMILES string of the molecule is c1ccc(-c2cccc(-c3ccc(Nc4ccc5c(c4)oc4cc(N(c6ccccc6)c6ccccc6)ccc45)cc3)c2)cc1. The molecular formula is C42H30N2O. The van der Waals surface area contributed by atoms with Crippen LogP contribution in [0, 0.1) is 0 Å². The monoisotopic (exact) mass is 578 g/mol. The van der Waals surface area contributed by atoms with Gasteiger partial charge in [-0.05, 0) is 89.0 Å². The number of hydrogen-bond acceptors (Lipinski definition) is 3. The first-order valence-electron chi connectivity index (χ1n) is 15.2. The predicted molar refractivity (Wildman–Crippen MR) is 189 cm³/mol. The Morgan fingerprint density at radius 3 is 1.51 bits per heavy atom. The largest absolute Gasteiger partial charge is 0.456 e. The lowest BCUT2D eigenvalue weighted by Crippen LogP contribution is -2.09. The molecule has 7 aromatic carbocycles. The fraction of sp³-hybridized carbons (Fsp3) is 0. The Morgan fingerprint density at radius 1 is 0.356 bits per heavy atom. The highest BCUT2D eigenvalue weighted by Gasteiger charge is 2.15. The molecule has 214 valence electrons. The molecule has 0 aliphatic heterocycles. The summed E-state index contributed by atoms with van der Waals surface area (Å²) in [6.07, 6.45) is 0. The summed E-state index contributed by atoms with van der Waals surface area (Å²) in [4.78, 5) is 2.25. The number of anilines is 5. The minimum atomic E-state index is 0.854. The van der Waals surface area contributed by atoms with Crippen LogP contribution in [0.5, 0.6) is 0 Å². The van der Waals surface area contributed by atoms with Crippen LogP contribution in [0.2, 0.25) is 0 Å². The van der Waals surface area contributed by atoms with E-state index >= 15 is 0 Å². The van der Waals surface area contributed by atoms with Crippen LogP contribution in [0.4, 0.5) is 28.4 Å². The van der Waals surface area contributed by atoms with Crippen LogP contribution in [0.1, 0.15) is 0 Å². The van der Waals surface area contributed by atoms with Crippen molar-refractivity contribution >= 4 is 50.4 Å². The maximum absolute atomic E-state index is 6.45. The van der Waals surface area contributed by atoms with Crippen molar-refractivity contribution in [1.82, 2.24) is 0 Å². The molecule has 8 rings (SSSR count). The van der Waals surface area contributed by atoms with Crippen LogP contribution in [0.25, 0.3) is 44.2 Å². The summed E-state index contributed by atoms with van der Waals surface area (Å²) >= 11 is 0. The van der Waals surface area contributed by atoms with E-state index in [1.807, 2.05) is 18.2 Å². The van der Waals surface area contributed by atoms with Crippen molar-refractivity contribution in [3.05, 3.63) is 176 Å². The number of hydrogen-bond donors (Lipinski definition) is 1. The lowest BCUT2D eigenvalue weighted by molar-refractivity contribution is 0.669. The highest BCUT2D eigenvalue weighted by atomic mass is 16.3. The van der Waals surface area contributed by atoms with E-state index in [-0.39, 0.29) is 0 Å². The first-order valence-corrected chi connectivity index (χ1v) is 15.2. The van der Waals surface area contributed by atoms with Gasteiger partial charge in [0, 0.05) is 51.3 Å². The smallest absolute Gasteiger partial charge is 0.137 e. The first-order chi connectivity index (χ1) is 22.3. The Kier molecular flexibility index (Phi) is 6.82. The van der Waals surface area contributed by atoms with Crippen molar-refractivity contribution in [2.75, 3.05) is 10.2 Å². The Hall–Kier alpha value is -6.06. The lowest BCUT2D eigenvalue weighted by Gasteiger charge is -2.25. The van der Waals surface area contributed by atoms with E-state index in [1.165, 1.54) is 22.3 Å². The molecule has 8 aromatic rings. The van der Waals surface area contributed by atoms with Gasteiger partial charge in [-0.2, -0.15) is 0 Å². The van der Waals surface area contributed by atoms with Crippen LogP contribution in [-0.4, -0.2) is 0 Å².